The molecule has 34 heavy (non-hydrogen) atoms. The van der Waals surface area contributed by atoms with Gasteiger partial charge in [-0.15, -0.1) is 0 Å². The first-order chi connectivity index (χ1) is 16.4. The molecule has 188 valence electrons. The summed E-state index contributed by atoms with van der Waals surface area (Å²) in [7, 11) is 3.43. The Morgan fingerprint density at radius 1 is 1.15 bits per heavy atom. The molecule has 2 aromatic rings. The van der Waals surface area contributed by atoms with Crippen molar-refractivity contribution < 1.29 is 14.3 Å². The Morgan fingerprint density at radius 2 is 1.85 bits per heavy atom. The minimum Gasteiger partial charge on any atom is -0.496 e. The van der Waals surface area contributed by atoms with Gasteiger partial charge in [0.2, 0.25) is 6.41 Å². The van der Waals surface area contributed by atoms with Crippen LogP contribution in [0.5, 0.6) is 5.75 Å². The fraction of sp³-hybridized carbons (Fsp3) is 0.556. The molecule has 0 aliphatic heterocycles. The predicted molar refractivity (Wildman–Crippen MR) is 140 cm³/mol. The summed E-state index contributed by atoms with van der Waals surface area (Å²) >= 11 is 12.3. The maximum Gasteiger partial charge on any atom is 0.207 e. The fourth-order valence-corrected chi connectivity index (χ4v) is 4.90. The average molecular weight is 510 g/mol. The van der Waals surface area contributed by atoms with Crippen LogP contribution in [0.3, 0.4) is 0 Å². The lowest BCUT2D eigenvalue weighted by Gasteiger charge is -2.27. The van der Waals surface area contributed by atoms with E-state index in [0.29, 0.717) is 16.0 Å². The molecule has 5 nitrogen and oxygen atoms in total. The van der Waals surface area contributed by atoms with E-state index in [9.17, 15) is 4.79 Å². The summed E-state index contributed by atoms with van der Waals surface area (Å²) < 4.78 is 10.5. The van der Waals surface area contributed by atoms with Crippen LogP contribution in [0, 0.1) is 18.8 Å². The topological polar surface area (TPSA) is 60.5 Å². The number of amides is 1. The molecule has 1 fully saturated rings. The van der Waals surface area contributed by atoms with Crippen molar-refractivity contribution in [2.45, 2.75) is 58.3 Å². The van der Waals surface area contributed by atoms with Crippen molar-refractivity contribution >= 4 is 29.6 Å². The minimum atomic E-state index is 0.219. The number of aryl methyl sites for hydroxylation is 1. The second kappa shape index (κ2) is 15.2. The van der Waals surface area contributed by atoms with Crippen LogP contribution in [0.2, 0.25) is 10.0 Å². The SMILES string of the molecule is COCCC1CCC(CNC=O)CC1.COc1ccc(Cl)cc1C(C)Cc1ncc(C)cc1Cl. The molecule has 1 unspecified atom stereocenters. The number of hydrogen-bond acceptors (Lipinski definition) is 4. The van der Waals surface area contributed by atoms with E-state index in [4.69, 9.17) is 32.7 Å². The lowest BCUT2D eigenvalue weighted by molar-refractivity contribution is -0.109. The van der Waals surface area contributed by atoms with Gasteiger partial charge in [0, 0.05) is 31.5 Å². The molecule has 1 amide bonds. The Hall–Kier alpha value is -1.82. The molecular weight excluding hydrogens is 471 g/mol. The van der Waals surface area contributed by atoms with E-state index < -0.39 is 0 Å². The van der Waals surface area contributed by atoms with Crippen LogP contribution in [0.4, 0.5) is 0 Å². The largest absolute Gasteiger partial charge is 0.496 e. The van der Waals surface area contributed by atoms with E-state index in [-0.39, 0.29) is 5.92 Å². The minimum absolute atomic E-state index is 0.219. The number of carbonyl (C=O) groups excluding carboxylic acids is 1. The Bertz CT molecular complexity index is 886. The van der Waals surface area contributed by atoms with Gasteiger partial charge < -0.3 is 14.8 Å². The third kappa shape index (κ3) is 9.44. The molecule has 1 aliphatic rings. The number of rotatable bonds is 10. The van der Waals surface area contributed by atoms with Crippen molar-refractivity contribution in [3.05, 3.63) is 57.3 Å². The zero-order valence-electron chi connectivity index (χ0n) is 20.8. The molecule has 1 saturated carbocycles. The highest BCUT2D eigenvalue weighted by molar-refractivity contribution is 6.31. The smallest absolute Gasteiger partial charge is 0.207 e. The molecule has 1 aliphatic carbocycles. The van der Waals surface area contributed by atoms with E-state index >= 15 is 0 Å². The third-order valence-corrected chi connectivity index (χ3v) is 7.03. The van der Waals surface area contributed by atoms with Gasteiger partial charge in [0.25, 0.3) is 0 Å². The third-order valence-electron chi connectivity index (χ3n) is 6.46. The molecule has 1 heterocycles. The van der Waals surface area contributed by atoms with Gasteiger partial charge >= 0.3 is 0 Å². The van der Waals surface area contributed by atoms with E-state index in [1.807, 2.05) is 37.4 Å². The lowest BCUT2D eigenvalue weighted by Crippen LogP contribution is -2.25. The molecule has 0 saturated heterocycles. The van der Waals surface area contributed by atoms with Crippen LogP contribution in [0.15, 0.2) is 30.5 Å². The zero-order chi connectivity index (χ0) is 24.9. The number of aromatic nitrogens is 1. The van der Waals surface area contributed by atoms with E-state index in [0.717, 1.165) is 54.5 Å². The number of methoxy groups -OCH3 is 2. The number of nitrogens with one attached hydrogen (secondary N) is 1. The molecular formula is C27H38Cl2N2O3. The molecule has 3 rings (SSSR count). The normalized spacial score (nSPS) is 18.4. The summed E-state index contributed by atoms with van der Waals surface area (Å²) in [5, 5.41) is 4.18. The van der Waals surface area contributed by atoms with Crippen LogP contribution in [-0.2, 0) is 16.0 Å². The molecule has 0 spiro atoms. The number of halogens is 2. The highest BCUT2D eigenvalue weighted by atomic mass is 35.5. The molecule has 0 bridgehead atoms. The number of carbonyl (C=O) groups is 1. The average Bonchev–Trinajstić information content (AvgIpc) is 2.84. The number of hydrogen-bond donors (Lipinski definition) is 1. The van der Waals surface area contributed by atoms with Gasteiger partial charge in [-0.2, -0.15) is 0 Å². The van der Waals surface area contributed by atoms with E-state index in [1.165, 1.54) is 32.1 Å². The summed E-state index contributed by atoms with van der Waals surface area (Å²) in [6.07, 6.45) is 9.70. The van der Waals surface area contributed by atoms with Gasteiger partial charge in [-0.1, -0.05) is 43.0 Å². The standard InChI is InChI=1S/C16H17Cl2NO.C11H21NO2/c1-10-6-14(18)15(19-9-10)7-11(2)13-8-12(17)4-5-16(13)20-3;1-14-7-6-10-2-4-11(5-3-10)8-12-9-13/h4-6,8-9,11H,7H2,1-3H3;9-11H,2-8H2,1H3,(H,12,13). The van der Waals surface area contributed by atoms with Crippen LogP contribution >= 0.6 is 23.2 Å². The summed E-state index contributed by atoms with van der Waals surface area (Å²) in [6, 6.07) is 7.59. The summed E-state index contributed by atoms with van der Waals surface area (Å²) in [6.45, 7) is 5.85. The summed E-state index contributed by atoms with van der Waals surface area (Å²) in [5.74, 6) is 2.61. The molecule has 0 radical (unpaired) electrons. The van der Waals surface area contributed by atoms with Crippen molar-refractivity contribution in [1.82, 2.24) is 10.3 Å². The second-order valence-electron chi connectivity index (χ2n) is 9.13. The Kier molecular flexibility index (Phi) is 12.7. The molecule has 7 heteroatoms. The van der Waals surface area contributed by atoms with Crippen LogP contribution < -0.4 is 10.1 Å². The van der Waals surface area contributed by atoms with Gasteiger partial charge in [-0.05, 0) is 85.8 Å². The van der Waals surface area contributed by atoms with Crippen LogP contribution in [0.25, 0.3) is 0 Å². The van der Waals surface area contributed by atoms with E-state index in [2.05, 4.69) is 17.2 Å². The van der Waals surface area contributed by atoms with Gasteiger partial charge in [0.15, 0.2) is 0 Å². The first-order valence-corrected chi connectivity index (χ1v) is 12.7. The first kappa shape index (κ1) is 28.4. The molecule has 1 atom stereocenters. The summed E-state index contributed by atoms with van der Waals surface area (Å²) in [4.78, 5) is 14.5. The summed E-state index contributed by atoms with van der Waals surface area (Å²) in [5.41, 5.74) is 3.02. The van der Waals surface area contributed by atoms with Crippen molar-refractivity contribution in [2.24, 2.45) is 11.8 Å². The number of nitrogens with zero attached hydrogens (tertiary/aromatic N) is 1. The van der Waals surface area contributed by atoms with Crippen molar-refractivity contribution in [3.63, 3.8) is 0 Å². The molecule has 1 aromatic carbocycles. The van der Waals surface area contributed by atoms with Crippen LogP contribution in [-0.4, -0.2) is 38.8 Å². The van der Waals surface area contributed by atoms with Gasteiger partial charge in [-0.3, -0.25) is 9.78 Å². The predicted octanol–water partition coefficient (Wildman–Crippen LogP) is 6.63. The number of pyridine rings is 1. The van der Waals surface area contributed by atoms with Crippen molar-refractivity contribution in [3.8, 4) is 5.75 Å². The number of ether oxygens (including phenoxy) is 2. The molecule has 1 N–H and O–H groups in total. The highest BCUT2D eigenvalue weighted by Crippen LogP contribution is 2.33. The monoisotopic (exact) mass is 508 g/mol. The highest BCUT2D eigenvalue weighted by Gasteiger charge is 2.20. The fourth-order valence-electron chi connectivity index (χ4n) is 4.43. The van der Waals surface area contributed by atoms with Crippen molar-refractivity contribution in [2.75, 3.05) is 27.4 Å². The van der Waals surface area contributed by atoms with E-state index in [1.54, 1.807) is 14.2 Å². The first-order valence-electron chi connectivity index (χ1n) is 12.0. The Balaban J connectivity index is 0.000000257. The lowest BCUT2D eigenvalue weighted by atomic mass is 9.81. The zero-order valence-corrected chi connectivity index (χ0v) is 22.3. The van der Waals surface area contributed by atoms with Gasteiger partial charge in [0.05, 0.1) is 17.8 Å². The Morgan fingerprint density at radius 3 is 2.47 bits per heavy atom. The quantitative estimate of drug-likeness (QED) is 0.366. The van der Waals surface area contributed by atoms with Gasteiger partial charge in [0.1, 0.15) is 5.75 Å². The number of benzene rings is 1. The maximum atomic E-state index is 10.1. The van der Waals surface area contributed by atoms with Gasteiger partial charge in [-0.25, -0.2) is 0 Å². The van der Waals surface area contributed by atoms with Crippen LogP contribution in [0.1, 0.15) is 61.8 Å². The molecule has 1 aromatic heterocycles. The Labute approximate surface area is 214 Å². The second-order valence-corrected chi connectivity index (χ2v) is 9.97. The maximum absolute atomic E-state index is 10.1. The van der Waals surface area contributed by atoms with Crippen molar-refractivity contribution in [1.29, 1.82) is 0 Å².